The van der Waals surface area contributed by atoms with Gasteiger partial charge in [-0.2, -0.15) is 0 Å². The molecule has 2 aromatic rings. The Bertz CT molecular complexity index is 583. The zero-order valence-corrected chi connectivity index (χ0v) is 12.0. The van der Waals surface area contributed by atoms with E-state index < -0.39 is 0 Å². The molecule has 0 spiro atoms. The maximum absolute atomic E-state index is 5.85. The van der Waals surface area contributed by atoms with Gasteiger partial charge in [-0.3, -0.25) is 9.30 Å². The van der Waals surface area contributed by atoms with Gasteiger partial charge < -0.3 is 10.6 Å². The molecule has 108 valence electrons. The molecule has 0 unspecified atom stereocenters. The Morgan fingerprint density at radius 1 is 1.25 bits per heavy atom. The molecule has 7 nitrogen and oxygen atoms in total. The van der Waals surface area contributed by atoms with Gasteiger partial charge in [-0.25, -0.2) is 4.98 Å². The van der Waals surface area contributed by atoms with Crippen molar-refractivity contribution in [2.75, 3.05) is 37.6 Å². The number of anilines is 1. The zero-order valence-electron chi connectivity index (χ0n) is 12.0. The lowest BCUT2D eigenvalue weighted by Crippen LogP contribution is -2.57. The van der Waals surface area contributed by atoms with E-state index in [1.165, 1.54) is 0 Å². The van der Waals surface area contributed by atoms with Crippen molar-refractivity contribution in [3.63, 3.8) is 0 Å². The van der Waals surface area contributed by atoms with E-state index in [-0.39, 0.29) is 5.54 Å². The van der Waals surface area contributed by atoms with Crippen molar-refractivity contribution in [1.82, 2.24) is 24.5 Å². The van der Waals surface area contributed by atoms with Gasteiger partial charge in [-0.1, -0.05) is 0 Å². The van der Waals surface area contributed by atoms with Gasteiger partial charge in [0.05, 0.1) is 0 Å². The van der Waals surface area contributed by atoms with Crippen LogP contribution in [-0.2, 0) is 0 Å². The molecule has 3 rings (SSSR count). The minimum absolute atomic E-state index is 0.0559. The molecule has 20 heavy (non-hydrogen) atoms. The van der Waals surface area contributed by atoms with Crippen LogP contribution in [0.3, 0.4) is 0 Å². The van der Waals surface area contributed by atoms with Gasteiger partial charge in [-0.05, 0) is 13.8 Å². The van der Waals surface area contributed by atoms with Crippen molar-refractivity contribution < 1.29 is 0 Å². The van der Waals surface area contributed by atoms with Crippen molar-refractivity contribution in [3.05, 3.63) is 18.7 Å². The molecule has 0 saturated carbocycles. The SMILES string of the molecule is CC(C)(CN)N1CCN(c2nccn3cnnc23)CC1. The third-order valence-corrected chi connectivity index (χ3v) is 4.13. The summed E-state index contributed by atoms with van der Waals surface area (Å²) in [4.78, 5) is 9.18. The van der Waals surface area contributed by atoms with Crippen LogP contribution >= 0.6 is 0 Å². The van der Waals surface area contributed by atoms with E-state index in [9.17, 15) is 0 Å². The number of aromatic nitrogens is 4. The van der Waals surface area contributed by atoms with E-state index in [0.717, 1.165) is 37.6 Å². The molecular formula is C13H21N7. The lowest BCUT2D eigenvalue weighted by Gasteiger charge is -2.43. The van der Waals surface area contributed by atoms with E-state index in [2.05, 4.69) is 38.8 Å². The topological polar surface area (TPSA) is 75.6 Å². The standard InChI is InChI=1S/C13H21N7/c1-13(2,9-14)20-7-5-18(6-8-20)11-12-17-16-10-19(12)4-3-15-11/h3-4,10H,5-9,14H2,1-2H3. The molecule has 0 atom stereocenters. The van der Waals surface area contributed by atoms with E-state index in [1.807, 2.05) is 10.6 Å². The van der Waals surface area contributed by atoms with Crippen LogP contribution in [-0.4, -0.2) is 62.7 Å². The third-order valence-electron chi connectivity index (χ3n) is 4.13. The Kier molecular flexibility index (Phi) is 3.31. The van der Waals surface area contributed by atoms with Gasteiger partial charge in [0.2, 0.25) is 5.65 Å². The van der Waals surface area contributed by atoms with Crippen molar-refractivity contribution in [2.24, 2.45) is 5.73 Å². The second kappa shape index (κ2) is 4.99. The molecule has 3 heterocycles. The summed E-state index contributed by atoms with van der Waals surface area (Å²) in [6.07, 6.45) is 5.36. The summed E-state index contributed by atoms with van der Waals surface area (Å²) in [5.41, 5.74) is 6.73. The third kappa shape index (κ3) is 2.23. The van der Waals surface area contributed by atoms with Gasteiger partial charge in [0, 0.05) is 50.7 Å². The van der Waals surface area contributed by atoms with Crippen LogP contribution in [0.1, 0.15) is 13.8 Å². The molecule has 0 aromatic carbocycles. The highest BCUT2D eigenvalue weighted by atomic mass is 15.3. The van der Waals surface area contributed by atoms with Crippen LogP contribution in [0.4, 0.5) is 5.82 Å². The minimum Gasteiger partial charge on any atom is -0.351 e. The van der Waals surface area contributed by atoms with Gasteiger partial charge in [0.1, 0.15) is 6.33 Å². The van der Waals surface area contributed by atoms with Gasteiger partial charge in [0.25, 0.3) is 0 Å². The van der Waals surface area contributed by atoms with Crippen LogP contribution in [0.25, 0.3) is 5.65 Å². The fourth-order valence-corrected chi connectivity index (χ4v) is 2.62. The molecule has 0 bridgehead atoms. The Balaban J connectivity index is 1.77. The average molecular weight is 275 g/mol. The second-order valence-corrected chi connectivity index (χ2v) is 5.80. The highest BCUT2D eigenvalue weighted by molar-refractivity contribution is 5.63. The smallest absolute Gasteiger partial charge is 0.203 e. The van der Waals surface area contributed by atoms with Gasteiger partial charge in [0.15, 0.2) is 5.82 Å². The molecule has 1 aliphatic heterocycles. The van der Waals surface area contributed by atoms with Crippen LogP contribution in [0, 0.1) is 0 Å². The summed E-state index contributed by atoms with van der Waals surface area (Å²) >= 11 is 0. The monoisotopic (exact) mass is 275 g/mol. The lowest BCUT2D eigenvalue weighted by molar-refractivity contribution is 0.119. The number of nitrogens with two attached hydrogens (primary N) is 1. The largest absolute Gasteiger partial charge is 0.351 e. The number of fused-ring (bicyclic) bond motifs is 1. The minimum atomic E-state index is 0.0559. The first-order valence-electron chi connectivity index (χ1n) is 6.96. The average Bonchev–Trinajstić information content (AvgIpc) is 2.95. The number of piperazine rings is 1. The highest BCUT2D eigenvalue weighted by Crippen LogP contribution is 2.21. The number of hydrogen-bond donors (Lipinski definition) is 1. The van der Waals surface area contributed by atoms with E-state index in [4.69, 9.17) is 5.73 Å². The molecule has 2 N–H and O–H groups in total. The van der Waals surface area contributed by atoms with Crippen LogP contribution in [0.5, 0.6) is 0 Å². The Morgan fingerprint density at radius 2 is 2.00 bits per heavy atom. The summed E-state index contributed by atoms with van der Waals surface area (Å²) in [6.45, 7) is 8.90. The number of nitrogens with zero attached hydrogens (tertiary/aromatic N) is 6. The molecule has 0 radical (unpaired) electrons. The van der Waals surface area contributed by atoms with Gasteiger partial charge in [-0.15, -0.1) is 10.2 Å². The zero-order chi connectivity index (χ0) is 14.2. The number of rotatable bonds is 3. The Hall–Kier alpha value is -1.73. The Labute approximate surface area is 118 Å². The van der Waals surface area contributed by atoms with Crippen molar-refractivity contribution >= 4 is 11.5 Å². The highest BCUT2D eigenvalue weighted by Gasteiger charge is 2.29. The maximum Gasteiger partial charge on any atom is 0.203 e. The van der Waals surface area contributed by atoms with E-state index >= 15 is 0 Å². The molecular weight excluding hydrogens is 254 g/mol. The van der Waals surface area contributed by atoms with E-state index in [0.29, 0.717) is 6.54 Å². The summed E-state index contributed by atoms with van der Waals surface area (Å²) < 4.78 is 1.90. The quantitative estimate of drug-likeness (QED) is 0.848. The molecule has 0 aliphatic carbocycles. The first kappa shape index (κ1) is 13.3. The molecule has 1 saturated heterocycles. The van der Waals surface area contributed by atoms with Crippen LogP contribution in [0.2, 0.25) is 0 Å². The molecule has 0 amide bonds. The molecule has 1 fully saturated rings. The summed E-state index contributed by atoms with van der Waals surface area (Å²) in [7, 11) is 0. The summed E-state index contributed by atoms with van der Waals surface area (Å²) in [5.74, 6) is 0.912. The Morgan fingerprint density at radius 3 is 2.70 bits per heavy atom. The van der Waals surface area contributed by atoms with Crippen molar-refractivity contribution in [2.45, 2.75) is 19.4 Å². The molecule has 1 aliphatic rings. The van der Waals surface area contributed by atoms with Crippen LogP contribution in [0.15, 0.2) is 18.7 Å². The lowest BCUT2D eigenvalue weighted by atomic mass is 10.0. The molecule has 7 heteroatoms. The first-order valence-corrected chi connectivity index (χ1v) is 6.96. The van der Waals surface area contributed by atoms with Crippen molar-refractivity contribution in [3.8, 4) is 0 Å². The second-order valence-electron chi connectivity index (χ2n) is 5.80. The molecule has 2 aromatic heterocycles. The van der Waals surface area contributed by atoms with Crippen LogP contribution < -0.4 is 10.6 Å². The predicted octanol–water partition coefficient (Wildman–Crippen LogP) is -0.0164. The fraction of sp³-hybridized carbons (Fsp3) is 0.615. The normalized spacial score (nSPS) is 17.9. The number of hydrogen-bond acceptors (Lipinski definition) is 6. The summed E-state index contributed by atoms with van der Waals surface area (Å²) in [5, 5.41) is 8.10. The fourth-order valence-electron chi connectivity index (χ4n) is 2.62. The van der Waals surface area contributed by atoms with Crippen molar-refractivity contribution in [1.29, 1.82) is 0 Å². The maximum atomic E-state index is 5.85. The first-order chi connectivity index (χ1) is 9.62. The van der Waals surface area contributed by atoms with E-state index in [1.54, 1.807) is 12.5 Å². The predicted molar refractivity (Wildman–Crippen MR) is 77.7 cm³/mol. The van der Waals surface area contributed by atoms with Gasteiger partial charge >= 0.3 is 0 Å². The summed E-state index contributed by atoms with van der Waals surface area (Å²) in [6, 6.07) is 0.